The second-order valence-corrected chi connectivity index (χ2v) is 6.11. The predicted molar refractivity (Wildman–Crippen MR) is 57.9 cm³/mol. The first-order chi connectivity index (χ1) is 6.54. The van der Waals surface area contributed by atoms with Crippen molar-refractivity contribution in [2.75, 3.05) is 0 Å². The highest BCUT2D eigenvalue weighted by Gasteiger charge is 2.43. The Bertz CT molecular complexity index is 233. The van der Waals surface area contributed by atoms with Gasteiger partial charge in [0.2, 0.25) is 0 Å². The minimum absolute atomic E-state index is 0.00197. The molecule has 5 unspecified atom stereocenters. The molecule has 2 aliphatic carbocycles. The van der Waals surface area contributed by atoms with E-state index in [4.69, 9.17) is 0 Å². The Labute approximate surface area is 87.3 Å². The lowest BCUT2D eigenvalue weighted by Gasteiger charge is -2.48. The summed E-state index contributed by atoms with van der Waals surface area (Å²) in [5.41, 5.74) is 0.00197. The maximum Gasteiger partial charge on any atom is 0.125 e. The molecule has 1 nitrogen and oxygen atoms in total. The standard InChI is InChI=1S/C13H22O/c1-9-4-11-5-12(10(9)2)7-13(3,6-11)8-14/h8-12H,4-7H2,1-3H3. The molecule has 0 heterocycles. The van der Waals surface area contributed by atoms with E-state index in [1.807, 2.05) is 0 Å². The van der Waals surface area contributed by atoms with Crippen molar-refractivity contribution >= 4 is 6.29 Å². The van der Waals surface area contributed by atoms with Crippen LogP contribution in [0.3, 0.4) is 0 Å². The van der Waals surface area contributed by atoms with Crippen LogP contribution in [0.15, 0.2) is 0 Å². The van der Waals surface area contributed by atoms with Gasteiger partial charge in [-0.05, 0) is 49.4 Å². The molecule has 0 N–H and O–H groups in total. The van der Waals surface area contributed by atoms with Gasteiger partial charge in [-0.1, -0.05) is 20.8 Å². The second-order valence-electron chi connectivity index (χ2n) is 6.11. The fourth-order valence-electron chi connectivity index (χ4n) is 3.82. The summed E-state index contributed by atoms with van der Waals surface area (Å²) in [6, 6.07) is 0. The zero-order valence-electron chi connectivity index (χ0n) is 9.62. The number of carbonyl (C=O) groups is 1. The van der Waals surface area contributed by atoms with Crippen LogP contribution in [-0.2, 0) is 4.79 Å². The molecule has 0 aliphatic heterocycles. The smallest absolute Gasteiger partial charge is 0.125 e. The van der Waals surface area contributed by atoms with Crippen molar-refractivity contribution in [1.82, 2.24) is 0 Å². The van der Waals surface area contributed by atoms with Crippen LogP contribution in [-0.4, -0.2) is 6.29 Å². The number of aldehydes is 1. The van der Waals surface area contributed by atoms with E-state index >= 15 is 0 Å². The van der Waals surface area contributed by atoms with Gasteiger partial charge in [-0.3, -0.25) is 0 Å². The molecular weight excluding hydrogens is 172 g/mol. The lowest BCUT2D eigenvalue weighted by Crippen LogP contribution is -2.41. The van der Waals surface area contributed by atoms with Crippen molar-refractivity contribution in [3.63, 3.8) is 0 Å². The largest absolute Gasteiger partial charge is 0.303 e. The summed E-state index contributed by atoms with van der Waals surface area (Å²) in [5.74, 6) is 3.34. The maximum absolute atomic E-state index is 11.1. The summed E-state index contributed by atoms with van der Waals surface area (Å²) >= 11 is 0. The zero-order valence-corrected chi connectivity index (χ0v) is 9.62. The minimum Gasteiger partial charge on any atom is -0.303 e. The summed E-state index contributed by atoms with van der Waals surface area (Å²) in [4.78, 5) is 11.1. The fraction of sp³-hybridized carbons (Fsp3) is 0.923. The zero-order chi connectivity index (χ0) is 10.3. The average Bonchev–Trinajstić information content (AvgIpc) is 2.14. The van der Waals surface area contributed by atoms with Crippen molar-refractivity contribution in [3.8, 4) is 0 Å². The van der Waals surface area contributed by atoms with Gasteiger partial charge in [0.25, 0.3) is 0 Å². The lowest BCUT2D eigenvalue weighted by molar-refractivity contribution is -0.121. The predicted octanol–water partition coefficient (Wildman–Crippen LogP) is 3.28. The highest BCUT2D eigenvalue weighted by molar-refractivity contribution is 5.59. The van der Waals surface area contributed by atoms with Crippen LogP contribution in [0.1, 0.15) is 46.5 Å². The Balaban J connectivity index is 2.15. The van der Waals surface area contributed by atoms with E-state index in [9.17, 15) is 4.79 Å². The Kier molecular flexibility index (Phi) is 2.45. The Morgan fingerprint density at radius 1 is 1.21 bits per heavy atom. The molecule has 2 aliphatic rings. The Morgan fingerprint density at radius 3 is 2.57 bits per heavy atom. The number of hydrogen-bond donors (Lipinski definition) is 0. The van der Waals surface area contributed by atoms with E-state index in [0.717, 1.165) is 36.5 Å². The summed E-state index contributed by atoms with van der Waals surface area (Å²) in [6.07, 6.45) is 6.23. The van der Waals surface area contributed by atoms with Gasteiger partial charge < -0.3 is 4.79 Å². The van der Waals surface area contributed by atoms with Crippen LogP contribution in [0.4, 0.5) is 0 Å². The van der Waals surface area contributed by atoms with Gasteiger partial charge in [-0.2, -0.15) is 0 Å². The van der Waals surface area contributed by atoms with Crippen LogP contribution in [0, 0.1) is 29.1 Å². The third kappa shape index (κ3) is 1.62. The van der Waals surface area contributed by atoms with E-state index in [1.54, 1.807) is 0 Å². The summed E-state index contributed by atoms with van der Waals surface area (Å²) in [5, 5.41) is 0. The second kappa shape index (κ2) is 3.36. The molecule has 2 fully saturated rings. The fourth-order valence-corrected chi connectivity index (χ4v) is 3.82. The maximum atomic E-state index is 11.1. The van der Waals surface area contributed by atoms with Gasteiger partial charge in [0, 0.05) is 5.41 Å². The topological polar surface area (TPSA) is 17.1 Å². The molecule has 2 bridgehead atoms. The molecule has 0 aromatic carbocycles. The van der Waals surface area contributed by atoms with E-state index < -0.39 is 0 Å². The van der Waals surface area contributed by atoms with Gasteiger partial charge in [0.05, 0.1) is 0 Å². The van der Waals surface area contributed by atoms with E-state index in [0.29, 0.717) is 0 Å². The molecule has 80 valence electrons. The summed E-state index contributed by atoms with van der Waals surface area (Å²) < 4.78 is 0. The number of carbonyl (C=O) groups excluding carboxylic acids is 1. The normalized spacial score (nSPS) is 52.8. The van der Waals surface area contributed by atoms with Gasteiger partial charge >= 0.3 is 0 Å². The molecule has 1 heteroatoms. The number of hydrogen-bond acceptors (Lipinski definition) is 1. The van der Waals surface area contributed by atoms with Crippen molar-refractivity contribution in [2.24, 2.45) is 29.1 Å². The van der Waals surface area contributed by atoms with Gasteiger partial charge in [-0.15, -0.1) is 0 Å². The van der Waals surface area contributed by atoms with Crippen LogP contribution in [0.2, 0.25) is 0 Å². The van der Waals surface area contributed by atoms with E-state index in [1.165, 1.54) is 19.1 Å². The third-order valence-corrected chi connectivity index (χ3v) is 4.75. The first kappa shape index (κ1) is 10.2. The van der Waals surface area contributed by atoms with Crippen molar-refractivity contribution in [2.45, 2.75) is 46.5 Å². The molecule has 0 radical (unpaired) electrons. The average molecular weight is 194 g/mol. The molecule has 0 aromatic rings. The lowest BCUT2D eigenvalue weighted by atomic mass is 9.56. The number of rotatable bonds is 1. The van der Waals surface area contributed by atoms with Crippen LogP contribution in [0.5, 0.6) is 0 Å². The Hall–Kier alpha value is -0.330. The summed E-state index contributed by atoms with van der Waals surface area (Å²) in [7, 11) is 0. The molecule has 0 aromatic heterocycles. The Morgan fingerprint density at radius 2 is 1.93 bits per heavy atom. The van der Waals surface area contributed by atoms with Crippen molar-refractivity contribution in [1.29, 1.82) is 0 Å². The monoisotopic (exact) mass is 194 g/mol. The molecule has 0 spiro atoms. The van der Waals surface area contributed by atoms with Crippen LogP contribution in [0.25, 0.3) is 0 Å². The van der Waals surface area contributed by atoms with Gasteiger partial charge in [0.15, 0.2) is 0 Å². The van der Waals surface area contributed by atoms with E-state index in [2.05, 4.69) is 20.8 Å². The van der Waals surface area contributed by atoms with Crippen molar-refractivity contribution in [3.05, 3.63) is 0 Å². The van der Waals surface area contributed by atoms with Gasteiger partial charge in [-0.25, -0.2) is 0 Å². The molecular formula is C13H22O. The quantitative estimate of drug-likeness (QED) is 0.585. The van der Waals surface area contributed by atoms with Crippen LogP contribution >= 0.6 is 0 Å². The first-order valence-corrected chi connectivity index (χ1v) is 6.00. The third-order valence-electron chi connectivity index (χ3n) is 4.75. The number of fused-ring (bicyclic) bond motifs is 2. The highest BCUT2D eigenvalue weighted by Crippen LogP contribution is 2.51. The minimum atomic E-state index is 0.00197. The highest BCUT2D eigenvalue weighted by atomic mass is 16.1. The molecule has 14 heavy (non-hydrogen) atoms. The molecule has 5 atom stereocenters. The van der Waals surface area contributed by atoms with Gasteiger partial charge in [0.1, 0.15) is 6.29 Å². The summed E-state index contributed by atoms with van der Waals surface area (Å²) in [6.45, 7) is 6.91. The molecule has 0 amide bonds. The van der Waals surface area contributed by atoms with E-state index in [-0.39, 0.29) is 5.41 Å². The first-order valence-electron chi connectivity index (χ1n) is 6.00. The SMILES string of the molecule is CC1CC2CC(CC(C)(C=O)C2)C1C. The molecule has 0 saturated heterocycles. The molecule has 2 saturated carbocycles. The van der Waals surface area contributed by atoms with Crippen molar-refractivity contribution < 1.29 is 4.79 Å². The molecule has 2 rings (SSSR count). The van der Waals surface area contributed by atoms with Crippen LogP contribution < -0.4 is 0 Å².